The van der Waals surface area contributed by atoms with Crippen LogP contribution in [0, 0.1) is 75.6 Å². The molecule has 672 valence electrons. The number of hydrogen-bond acceptors (Lipinski definition) is 19. The minimum absolute atomic E-state index is 0.0317. The highest BCUT2D eigenvalue weighted by Gasteiger charge is 2.30. The maximum absolute atomic E-state index is 14.1. The molecule has 0 bridgehead atoms. The first kappa shape index (κ1) is 87.4. The summed E-state index contributed by atoms with van der Waals surface area (Å²) in [5.74, 6) is -11.9. The molecule has 0 spiro atoms. The molecule has 24 aromatic rings. The number of fused-ring (bicyclic) bond motifs is 6. The summed E-state index contributed by atoms with van der Waals surface area (Å²) in [5.41, 5.74) is 10.4. The van der Waals surface area contributed by atoms with Gasteiger partial charge in [-0.05, 0) is 125 Å². The molecule has 0 radical (unpaired) electrons. The fourth-order valence-corrected chi connectivity index (χ4v) is 15.4. The Morgan fingerprint density at radius 2 is 0.596 bits per heavy atom. The van der Waals surface area contributed by atoms with Crippen molar-refractivity contribution in [3.05, 3.63) is 355 Å². The predicted octanol–water partition coefficient (Wildman–Crippen LogP) is 25.9. The molecule has 0 amide bonds. The monoisotopic (exact) mass is 1910 g/mol. The number of aromatic nitrogens is 18. The summed E-state index contributed by atoms with van der Waals surface area (Å²) in [6.07, 6.45) is 28.1. The molecule has 0 saturated heterocycles. The molecule has 18 aromatic heterocycles. The molecule has 136 heavy (non-hydrogen) atoms. The first-order chi connectivity index (χ1) is 66.2. The third kappa shape index (κ3) is 16.8. The average Bonchev–Trinajstić information content (AvgIpc) is 1.62. The molecule has 18 heterocycles. The van der Waals surface area contributed by atoms with Gasteiger partial charge in [-0.3, -0.25) is 0 Å². The van der Waals surface area contributed by atoms with Crippen LogP contribution in [0.2, 0.25) is 0 Å². The summed E-state index contributed by atoms with van der Waals surface area (Å²) in [6.45, 7) is 0. The Balaban J connectivity index is 0.000000105. The second-order valence-electron chi connectivity index (χ2n) is 29.3. The largest absolute Gasteiger partial charge is 0.495 e. The number of benzene rings is 6. The second kappa shape index (κ2) is 37.5. The standard InChI is InChI=1S/C17H11F2N3O2.C16H8BrF2N3O.3C16H8F3N3O.C16H11N3O/c1-23-9-5-11-12(7-21-17(11)20-6-9)16-13(8-22-24-16)10-3-2-4-14(18)15(10)19;17-8-4-10-11(6-21-16(10)20-5-8)15-12(7-22-23-15)9-2-1-3-13(18)14(9)19;17-12-4-3-8(13(18)14(12)19)11-7-22-23-15(11)10-6-21-16-9(10)2-1-5-20-16;17-11-3-4-12(18)14(19)13(11)10-7-22-23-15(10)9-6-21-16-8(9)2-1-5-20-16;17-8-4-10(14(19)13(18)5-8)12-7-22-23-15(12)11-6-21-16-9(11)2-1-3-20-16;1-2-5-11(6-3-1)13-10-19-20-15(13)14-9-18-16-12(14)7-4-8-17-16/h2-8H,1H3,(H,20,21);4*1-7H,(H,20,21);1-10H,(H,17,18). The molecule has 0 aliphatic heterocycles. The van der Waals surface area contributed by atoms with Crippen LogP contribution in [0.3, 0.4) is 0 Å². The Kier molecular flexibility index (Phi) is 24.1. The average molecular weight is 1910 g/mol. The summed E-state index contributed by atoms with van der Waals surface area (Å²) in [4.78, 5) is 43.3. The highest BCUT2D eigenvalue weighted by molar-refractivity contribution is 9.10. The summed E-state index contributed by atoms with van der Waals surface area (Å²) in [7, 11) is 1.54. The molecule has 6 aromatic carbocycles. The van der Waals surface area contributed by atoms with Crippen LogP contribution in [-0.2, 0) is 0 Å². The lowest BCUT2D eigenvalue weighted by atomic mass is 10.0. The number of ether oxygens (including phenoxy) is 1. The number of methoxy groups -OCH3 is 1. The van der Waals surface area contributed by atoms with Gasteiger partial charge >= 0.3 is 0 Å². The van der Waals surface area contributed by atoms with Gasteiger partial charge in [0.15, 0.2) is 98.6 Å². The number of hydrogen-bond donors (Lipinski definition) is 6. The van der Waals surface area contributed by atoms with Crippen LogP contribution in [0.25, 0.3) is 201 Å². The topological polar surface area (TPSA) is 337 Å². The maximum Gasteiger partial charge on any atom is 0.195 e. The maximum atomic E-state index is 14.1. The first-order valence-electron chi connectivity index (χ1n) is 40.1. The van der Waals surface area contributed by atoms with E-state index >= 15 is 0 Å². The van der Waals surface area contributed by atoms with Crippen molar-refractivity contribution in [3.8, 4) is 140 Å². The van der Waals surface area contributed by atoms with Crippen LogP contribution in [0.5, 0.6) is 5.75 Å². The molecular formula is C97H54BrF13N18O7. The smallest absolute Gasteiger partial charge is 0.195 e. The zero-order valence-electron chi connectivity index (χ0n) is 69.0. The van der Waals surface area contributed by atoms with Crippen LogP contribution < -0.4 is 4.74 Å². The second-order valence-corrected chi connectivity index (χ2v) is 30.2. The van der Waals surface area contributed by atoms with Crippen molar-refractivity contribution < 1.29 is 89.0 Å². The number of pyridine rings is 6. The molecule has 6 N–H and O–H groups in total. The summed E-state index contributed by atoms with van der Waals surface area (Å²) in [6, 6.07) is 41.2. The van der Waals surface area contributed by atoms with Gasteiger partial charge in [0.1, 0.15) is 51.3 Å². The fourth-order valence-electron chi connectivity index (χ4n) is 15.1. The quantitative estimate of drug-likeness (QED) is 0.0355. The molecule has 0 aliphatic carbocycles. The van der Waals surface area contributed by atoms with E-state index in [-0.39, 0.29) is 56.2 Å². The van der Waals surface area contributed by atoms with Gasteiger partial charge in [-0.25, -0.2) is 87.0 Å². The highest BCUT2D eigenvalue weighted by atomic mass is 79.9. The van der Waals surface area contributed by atoms with Gasteiger partial charge < -0.3 is 61.8 Å². The van der Waals surface area contributed by atoms with Crippen molar-refractivity contribution in [1.29, 1.82) is 0 Å². The minimum Gasteiger partial charge on any atom is -0.495 e. The lowest BCUT2D eigenvalue weighted by Gasteiger charge is -2.05. The van der Waals surface area contributed by atoms with E-state index in [1.54, 1.807) is 111 Å². The lowest BCUT2D eigenvalue weighted by Crippen LogP contribution is -1.94. The molecule has 39 heteroatoms. The number of H-pyrrole nitrogens is 6. The van der Waals surface area contributed by atoms with Gasteiger partial charge in [-0.1, -0.05) is 85.5 Å². The Morgan fingerprint density at radius 1 is 0.250 bits per heavy atom. The van der Waals surface area contributed by atoms with Crippen molar-refractivity contribution in [3.63, 3.8) is 0 Å². The van der Waals surface area contributed by atoms with E-state index in [1.807, 2.05) is 60.8 Å². The van der Waals surface area contributed by atoms with Gasteiger partial charge in [-0.2, -0.15) is 0 Å². The van der Waals surface area contributed by atoms with E-state index in [2.05, 4.69) is 107 Å². The van der Waals surface area contributed by atoms with E-state index < -0.39 is 81.2 Å². The molecule has 0 aliphatic rings. The van der Waals surface area contributed by atoms with Gasteiger partial charge in [0.05, 0.1) is 83.9 Å². The third-order valence-corrected chi connectivity index (χ3v) is 21.9. The molecule has 0 atom stereocenters. The number of aromatic amines is 6. The normalized spacial score (nSPS) is 11.2. The summed E-state index contributed by atoms with van der Waals surface area (Å²) in [5, 5.41) is 27.1. The predicted molar refractivity (Wildman–Crippen MR) is 476 cm³/mol. The summed E-state index contributed by atoms with van der Waals surface area (Å²) < 4.78 is 216. The Morgan fingerprint density at radius 3 is 1.04 bits per heavy atom. The lowest BCUT2D eigenvalue weighted by molar-refractivity contribution is 0.413. The molecular weight excluding hydrogens is 1860 g/mol. The van der Waals surface area contributed by atoms with Gasteiger partial charge in [0.2, 0.25) is 0 Å². The van der Waals surface area contributed by atoms with Gasteiger partial charge in [0, 0.05) is 172 Å². The molecule has 25 nitrogen and oxygen atoms in total. The van der Waals surface area contributed by atoms with Gasteiger partial charge in [-0.15, -0.1) is 0 Å². The van der Waals surface area contributed by atoms with Crippen molar-refractivity contribution in [2.24, 2.45) is 0 Å². The third-order valence-electron chi connectivity index (χ3n) is 21.4. The zero-order chi connectivity index (χ0) is 93.9. The van der Waals surface area contributed by atoms with E-state index in [4.69, 9.17) is 31.9 Å². The van der Waals surface area contributed by atoms with Crippen molar-refractivity contribution >= 4 is 82.1 Å². The SMILES string of the molecule is COc1cnc2[nH]cc(-c3oncc3-c3cccc(F)c3F)c2c1.Fc1cc(F)c(F)c(-c2cnoc2-c2c[nH]c3ncccc23)c1.Fc1ccc(-c2cnoc2-c2c[nH]c3ncccc23)c(F)c1F.Fc1ccc(F)c(-c2cnoc2-c2c[nH]c3ncccc23)c1F.Fc1cccc(-c2cnoc2-c2c[nH]c3ncc(Br)cc23)c1F.c1ccc(-c2cnoc2-c2c[nH]c3ncccc23)cc1. The van der Waals surface area contributed by atoms with Crippen molar-refractivity contribution in [1.82, 2.24) is 90.7 Å². The van der Waals surface area contributed by atoms with E-state index in [0.717, 1.165) is 108 Å². The van der Waals surface area contributed by atoms with E-state index in [9.17, 15) is 57.1 Å². The molecule has 24 rings (SSSR count). The van der Waals surface area contributed by atoms with Crippen LogP contribution in [0.15, 0.2) is 307 Å². The number of halogens is 14. The number of nitrogens with one attached hydrogen (secondary N) is 6. The Hall–Kier alpha value is -17.9. The number of nitrogens with zero attached hydrogens (tertiary/aromatic N) is 12. The van der Waals surface area contributed by atoms with E-state index in [0.29, 0.717) is 95.9 Å². The molecule has 0 unspecified atom stereocenters. The van der Waals surface area contributed by atoms with Crippen LogP contribution >= 0.6 is 15.9 Å². The van der Waals surface area contributed by atoms with Crippen LogP contribution in [0.1, 0.15) is 0 Å². The minimum atomic E-state index is -1.53. The zero-order valence-corrected chi connectivity index (χ0v) is 70.6. The number of rotatable bonds is 13. The Bertz CT molecular complexity index is 8530. The highest BCUT2D eigenvalue weighted by Crippen LogP contribution is 2.46. The van der Waals surface area contributed by atoms with Crippen LogP contribution in [-0.4, -0.2) is 97.9 Å². The van der Waals surface area contributed by atoms with Crippen LogP contribution in [0.4, 0.5) is 57.1 Å². The van der Waals surface area contributed by atoms with Crippen molar-refractivity contribution in [2.75, 3.05) is 7.11 Å². The molecule has 0 fully saturated rings. The Labute approximate surface area is 760 Å². The van der Waals surface area contributed by atoms with Crippen molar-refractivity contribution in [2.45, 2.75) is 0 Å². The van der Waals surface area contributed by atoms with Gasteiger partial charge in [0.25, 0.3) is 0 Å². The first-order valence-corrected chi connectivity index (χ1v) is 40.9. The molecule has 0 saturated carbocycles. The fraction of sp³-hybridized carbons (Fsp3) is 0.0103. The summed E-state index contributed by atoms with van der Waals surface area (Å²) >= 11 is 3.37. The van der Waals surface area contributed by atoms with E-state index in [1.165, 1.54) is 56.2 Å².